The zero-order chi connectivity index (χ0) is 15.6. The van der Waals surface area contributed by atoms with Crippen LogP contribution in [0.15, 0.2) is 36.4 Å². The Kier molecular flexibility index (Phi) is 4.46. The van der Waals surface area contributed by atoms with Crippen LogP contribution in [-0.2, 0) is 0 Å². The number of carbonyl (C=O) groups excluding carboxylic acids is 1. The van der Waals surface area contributed by atoms with E-state index in [1.165, 1.54) is 16.7 Å². The number of aryl methyl sites for hydroxylation is 4. The van der Waals surface area contributed by atoms with Gasteiger partial charge >= 0.3 is 0 Å². The van der Waals surface area contributed by atoms with Gasteiger partial charge in [0, 0.05) is 5.56 Å². The largest absolute Gasteiger partial charge is 0.345 e. The highest BCUT2D eigenvalue weighted by molar-refractivity contribution is 5.96. The molecule has 2 aromatic carbocycles. The number of hydrogen-bond donors (Lipinski definition) is 1. The fraction of sp³-hybridized carbons (Fsp3) is 0.316. The molecular weight excluding hydrogens is 258 g/mol. The number of nitrogens with one attached hydrogen (secondary N) is 1. The Balaban J connectivity index is 2.23. The van der Waals surface area contributed by atoms with Crippen LogP contribution in [0.2, 0.25) is 0 Å². The molecule has 2 nitrogen and oxygen atoms in total. The molecule has 21 heavy (non-hydrogen) atoms. The summed E-state index contributed by atoms with van der Waals surface area (Å²) in [6, 6.07) is 12.3. The lowest BCUT2D eigenvalue weighted by Gasteiger charge is -2.18. The minimum absolute atomic E-state index is 0.00249. The molecule has 0 fully saturated rings. The molecule has 0 aliphatic rings. The van der Waals surface area contributed by atoms with Crippen molar-refractivity contribution in [3.63, 3.8) is 0 Å². The highest BCUT2D eigenvalue weighted by atomic mass is 16.1. The molecule has 1 unspecified atom stereocenters. The first-order valence-electron chi connectivity index (χ1n) is 7.33. The van der Waals surface area contributed by atoms with Crippen LogP contribution in [0.3, 0.4) is 0 Å². The Morgan fingerprint density at radius 3 is 2.14 bits per heavy atom. The van der Waals surface area contributed by atoms with Gasteiger partial charge in [0.2, 0.25) is 0 Å². The summed E-state index contributed by atoms with van der Waals surface area (Å²) < 4.78 is 0. The fourth-order valence-corrected chi connectivity index (χ4v) is 2.56. The minimum Gasteiger partial charge on any atom is -0.345 e. The molecule has 110 valence electrons. The molecule has 0 spiro atoms. The topological polar surface area (TPSA) is 29.1 Å². The molecule has 0 aromatic heterocycles. The van der Waals surface area contributed by atoms with E-state index in [-0.39, 0.29) is 11.9 Å². The lowest BCUT2D eigenvalue weighted by atomic mass is 9.99. The molecule has 0 saturated carbocycles. The van der Waals surface area contributed by atoms with Crippen molar-refractivity contribution >= 4 is 5.91 Å². The van der Waals surface area contributed by atoms with E-state index in [9.17, 15) is 4.79 Å². The highest BCUT2D eigenvalue weighted by Crippen LogP contribution is 2.20. The van der Waals surface area contributed by atoms with E-state index in [0.717, 1.165) is 16.7 Å². The molecule has 0 heterocycles. The smallest absolute Gasteiger partial charge is 0.252 e. The third-order valence-corrected chi connectivity index (χ3v) is 3.89. The van der Waals surface area contributed by atoms with E-state index in [2.05, 4.69) is 37.4 Å². The first kappa shape index (κ1) is 15.3. The van der Waals surface area contributed by atoms with E-state index in [0.29, 0.717) is 0 Å². The van der Waals surface area contributed by atoms with Gasteiger partial charge in [0.05, 0.1) is 6.04 Å². The van der Waals surface area contributed by atoms with Gasteiger partial charge in [-0.05, 0) is 57.4 Å². The summed E-state index contributed by atoms with van der Waals surface area (Å²) in [5, 5.41) is 3.11. The van der Waals surface area contributed by atoms with Crippen molar-refractivity contribution in [2.45, 2.75) is 40.7 Å². The first-order valence-corrected chi connectivity index (χ1v) is 7.33. The van der Waals surface area contributed by atoms with Gasteiger partial charge < -0.3 is 5.32 Å². The number of rotatable bonds is 3. The second-order valence-electron chi connectivity index (χ2n) is 5.87. The monoisotopic (exact) mass is 281 g/mol. The van der Waals surface area contributed by atoms with E-state index >= 15 is 0 Å². The lowest BCUT2D eigenvalue weighted by Crippen LogP contribution is -2.27. The molecule has 2 heteroatoms. The number of amides is 1. The average molecular weight is 281 g/mol. The molecule has 0 aliphatic carbocycles. The molecule has 0 bridgehead atoms. The van der Waals surface area contributed by atoms with Crippen LogP contribution in [0.25, 0.3) is 0 Å². The predicted molar refractivity (Wildman–Crippen MR) is 87.7 cm³/mol. The van der Waals surface area contributed by atoms with Gasteiger partial charge in [-0.1, -0.05) is 41.5 Å². The SMILES string of the molecule is Cc1ccc(C)c(C(=O)NC(C)c2cc(C)ccc2C)c1. The third-order valence-electron chi connectivity index (χ3n) is 3.89. The van der Waals surface area contributed by atoms with Gasteiger partial charge in [0.1, 0.15) is 0 Å². The molecular formula is C19H23NO. The Bertz CT molecular complexity index is 673. The van der Waals surface area contributed by atoms with Gasteiger partial charge in [-0.15, -0.1) is 0 Å². The van der Waals surface area contributed by atoms with Crippen molar-refractivity contribution in [3.8, 4) is 0 Å². The highest BCUT2D eigenvalue weighted by Gasteiger charge is 2.15. The van der Waals surface area contributed by atoms with Crippen molar-refractivity contribution in [2.24, 2.45) is 0 Å². The van der Waals surface area contributed by atoms with Crippen LogP contribution in [0.4, 0.5) is 0 Å². The Morgan fingerprint density at radius 1 is 0.905 bits per heavy atom. The van der Waals surface area contributed by atoms with Crippen LogP contribution in [-0.4, -0.2) is 5.91 Å². The van der Waals surface area contributed by atoms with Crippen LogP contribution in [0.1, 0.15) is 51.1 Å². The summed E-state index contributed by atoms with van der Waals surface area (Å²) in [6.07, 6.45) is 0. The second-order valence-corrected chi connectivity index (χ2v) is 5.87. The van der Waals surface area contributed by atoms with E-state index in [1.807, 2.05) is 39.0 Å². The second kappa shape index (κ2) is 6.13. The predicted octanol–water partition coefficient (Wildman–Crippen LogP) is 4.41. The standard InChI is InChI=1S/C19H23NO/c1-12-6-8-14(3)17(10-12)16(5)20-19(21)18-11-13(2)7-9-15(18)4/h6-11,16H,1-5H3,(H,20,21). The summed E-state index contributed by atoms with van der Waals surface area (Å²) in [4.78, 5) is 12.5. The summed E-state index contributed by atoms with van der Waals surface area (Å²) in [6.45, 7) is 10.2. The van der Waals surface area contributed by atoms with Gasteiger partial charge in [-0.3, -0.25) is 4.79 Å². The van der Waals surface area contributed by atoms with Gasteiger partial charge in [-0.2, -0.15) is 0 Å². The minimum atomic E-state index is -0.00962. The third kappa shape index (κ3) is 3.52. The quantitative estimate of drug-likeness (QED) is 0.887. The molecule has 0 radical (unpaired) electrons. The molecule has 2 rings (SSSR count). The lowest BCUT2D eigenvalue weighted by molar-refractivity contribution is 0.0939. The van der Waals surface area contributed by atoms with Crippen molar-refractivity contribution in [2.75, 3.05) is 0 Å². The maximum absolute atomic E-state index is 12.5. The van der Waals surface area contributed by atoms with Crippen molar-refractivity contribution < 1.29 is 4.79 Å². The molecule has 2 aromatic rings. The number of carbonyl (C=O) groups is 1. The number of benzene rings is 2. The van der Waals surface area contributed by atoms with Crippen molar-refractivity contribution in [3.05, 3.63) is 69.8 Å². The van der Waals surface area contributed by atoms with Crippen LogP contribution < -0.4 is 5.32 Å². The Hall–Kier alpha value is -2.09. The van der Waals surface area contributed by atoms with Crippen LogP contribution >= 0.6 is 0 Å². The average Bonchev–Trinajstić information content (AvgIpc) is 2.43. The maximum atomic E-state index is 12.5. The first-order chi connectivity index (χ1) is 9.88. The maximum Gasteiger partial charge on any atom is 0.252 e. The zero-order valence-corrected chi connectivity index (χ0v) is 13.4. The summed E-state index contributed by atoms with van der Waals surface area (Å²) in [7, 11) is 0. The Morgan fingerprint density at radius 2 is 1.48 bits per heavy atom. The van der Waals surface area contributed by atoms with E-state index in [1.54, 1.807) is 0 Å². The van der Waals surface area contributed by atoms with E-state index < -0.39 is 0 Å². The normalized spacial score (nSPS) is 12.0. The number of hydrogen-bond acceptors (Lipinski definition) is 1. The molecule has 1 atom stereocenters. The van der Waals surface area contributed by atoms with Gasteiger partial charge in [-0.25, -0.2) is 0 Å². The fourth-order valence-electron chi connectivity index (χ4n) is 2.56. The summed E-state index contributed by atoms with van der Waals surface area (Å²) in [5.74, 6) is -0.00962. The molecule has 0 aliphatic heterocycles. The Labute approximate surface area is 127 Å². The van der Waals surface area contributed by atoms with Crippen LogP contribution in [0.5, 0.6) is 0 Å². The molecule has 1 N–H and O–H groups in total. The van der Waals surface area contributed by atoms with Crippen molar-refractivity contribution in [1.82, 2.24) is 5.32 Å². The molecule has 1 amide bonds. The van der Waals surface area contributed by atoms with Crippen molar-refractivity contribution in [1.29, 1.82) is 0 Å². The van der Waals surface area contributed by atoms with E-state index in [4.69, 9.17) is 0 Å². The van der Waals surface area contributed by atoms with Gasteiger partial charge in [0.25, 0.3) is 5.91 Å². The zero-order valence-electron chi connectivity index (χ0n) is 13.4. The van der Waals surface area contributed by atoms with Gasteiger partial charge in [0.15, 0.2) is 0 Å². The van der Waals surface area contributed by atoms with Crippen LogP contribution in [0, 0.1) is 27.7 Å². The molecule has 0 saturated heterocycles. The summed E-state index contributed by atoms with van der Waals surface area (Å²) >= 11 is 0. The summed E-state index contributed by atoms with van der Waals surface area (Å²) in [5.41, 5.74) is 6.45.